The number of fused-ring (bicyclic) bond motifs is 1. The van der Waals surface area contributed by atoms with Crippen molar-refractivity contribution >= 4 is 34.3 Å². The highest BCUT2D eigenvalue weighted by molar-refractivity contribution is 6.35. The van der Waals surface area contributed by atoms with E-state index in [1.54, 1.807) is 22.0 Å². The lowest BCUT2D eigenvalue weighted by atomic mass is 10.3. The Morgan fingerprint density at radius 2 is 2.38 bits per heavy atom. The van der Waals surface area contributed by atoms with Gasteiger partial charge in [-0.1, -0.05) is 18.2 Å². The van der Waals surface area contributed by atoms with Crippen molar-refractivity contribution in [1.82, 2.24) is 29.6 Å². The van der Waals surface area contributed by atoms with Gasteiger partial charge in [0.2, 0.25) is 11.8 Å². The summed E-state index contributed by atoms with van der Waals surface area (Å²) in [6.07, 6.45) is 4.12. The number of nitrogens with one attached hydrogen (secondary N) is 2. The normalized spacial score (nSPS) is 18.3. The second-order valence-corrected chi connectivity index (χ2v) is 7.17. The van der Waals surface area contributed by atoms with Crippen molar-refractivity contribution in [3.8, 4) is 5.88 Å². The first-order chi connectivity index (χ1) is 13.9. The van der Waals surface area contributed by atoms with Gasteiger partial charge in [-0.15, -0.1) is 0 Å². The summed E-state index contributed by atoms with van der Waals surface area (Å²) in [5.74, 6) is -0.149. The molecule has 0 amide bonds. The van der Waals surface area contributed by atoms with E-state index in [2.05, 4.69) is 31.9 Å². The van der Waals surface area contributed by atoms with Crippen molar-refractivity contribution in [1.29, 1.82) is 0 Å². The van der Waals surface area contributed by atoms with E-state index in [1.165, 1.54) is 0 Å². The fourth-order valence-corrected chi connectivity index (χ4v) is 3.49. The molecule has 1 aliphatic heterocycles. The minimum atomic E-state index is -1.34. The summed E-state index contributed by atoms with van der Waals surface area (Å²) in [6.45, 7) is 6.71. The molecule has 0 aliphatic carbocycles. The molecule has 2 unspecified atom stereocenters. The number of ether oxygens (including phenoxy) is 1. The van der Waals surface area contributed by atoms with Crippen LogP contribution in [0.3, 0.4) is 0 Å². The predicted molar refractivity (Wildman–Crippen MR) is 107 cm³/mol. The Morgan fingerprint density at radius 1 is 1.55 bits per heavy atom. The molecule has 3 aromatic heterocycles. The highest BCUT2D eigenvalue weighted by Crippen LogP contribution is 2.33. The summed E-state index contributed by atoms with van der Waals surface area (Å²) in [5.41, 5.74) is 1.27. The van der Waals surface area contributed by atoms with Gasteiger partial charge in [0.1, 0.15) is 17.6 Å². The first kappa shape index (κ1) is 19.6. The zero-order valence-electron chi connectivity index (χ0n) is 15.8. The highest BCUT2D eigenvalue weighted by Gasteiger charge is 2.31. The number of aromatic amines is 1. The summed E-state index contributed by atoms with van der Waals surface area (Å²) in [6, 6.07) is 0. The topological polar surface area (TPSA) is 104 Å². The van der Waals surface area contributed by atoms with Gasteiger partial charge in [-0.05, 0) is 13.3 Å². The van der Waals surface area contributed by atoms with Crippen molar-refractivity contribution in [2.45, 2.75) is 32.2 Å². The Morgan fingerprint density at radius 3 is 3.10 bits per heavy atom. The van der Waals surface area contributed by atoms with Crippen molar-refractivity contribution in [3.05, 3.63) is 36.0 Å². The van der Waals surface area contributed by atoms with E-state index in [0.717, 1.165) is 12.2 Å². The van der Waals surface area contributed by atoms with E-state index in [0.29, 0.717) is 47.4 Å². The number of aromatic nitrogens is 5. The Hall–Kier alpha value is -2.69. The molecule has 1 saturated heterocycles. The number of likely N-dealkylation sites (tertiary alicyclic amines) is 1. The molecule has 0 radical (unpaired) electrons. The van der Waals surface area contributed by atoms with Crippen LogP contribution >= 0.6 is 11.6 Å². The minimum Gasteiger partial charge on any atom is -0.472 e. The molecule has 3 aromatic rings. The summed E-state index contributed by atoms with van der Waals surface area (Å²) < 4.78 is 21.1. The lowest BCUT2D eigenvalue weighted by Gasteiger charge is -2.21. The van der Waals surface area contributed by atoms with E-state index in [4.69, 9.17) is 16.3 Å². The van der Waals surface area contributed by atoms with Gasteiger partial charge < -0.3 is 20.1 Å². The van der Waals surface area contributed by atoms with Crippen molar-refractivity contribution in [3.63, 3.8) is 0 Å². The third-order valence-corrected chi connectivity index (χ3v) is 5.04. The molecule has 11 heteroatoms. The van der Waals surface area contributed by atoms with E-state index in [-0.39, 0.29) is 6.10 Å². The van der Waals surface area contributed by atoms with Crippen LogP contribution in [-0.4, -0.2) is 60.2 Å². The second-order valence-electron chi connectivity index (χ2n) is 6.77. The van der Waals surface area contributed by atoms with E-state index in [9.17, 15) is 9.50 Å². The van der Waals surface area contributed by atoms with Gasteiger partial charge in [-0.25, -0.2) is 4.39 Å². The standard InChI is InChI=1S/C18H21ClFN7O2/c1-3-27-8-11(6-22-27)23-18-24-15-14(13(19)7-21-15)16(25-18)29-12-4-5-26(9-12)17(28)10(2)20/h6-8,12,17,28H,2-5,9H2,1H3,(H2,21,23,24,25). The highest BCUT2D eigenvalue weighted by atomic mass is 35.5. The number of aliphatic hydroxyl groups is 1. The van der Waals surface area contributed by atoms with Gasteiger partial charge >= 0.3 is 0 Å². The van der Waals surface area contributed by atoms with Gasteiger partial charge in [-0.2, -0.15) is 15.1 Å². The van der Waals surface area contributed by atoms with Crippen molar-refractivity contribution in [2.24, 2.45) is 0 Å². The van der Waals surface area contributed by atoms with Crippen LogP contribution in [0, 0.1) is 0 Å². The van der Waals surface area contributed by atoms with Crippen molar-refractivity contribution < 1.29 is 14.2 Å². The van der Waals surface area contributed by atoms with E-state index in [1.807, 2.05) is 13.1 Å². The maximum atomic E-state index is 13.2. The van der Waals surface area contributed by atoms with Gasteiger partial charge in [-0.3, -0.25) is 9.58 Å². The van der Waals surface area contributed by atoms with Crippen LogP contribution < -0.4 is 10.1 Å². The maximum absolute atomic E-state index is 13.2. The van der Waals surface area contributed by atoms with Gasteiger partial charge in [0.25, 0.3) is 0 Å². The molecule has 1 aliphatic rings. The van der Waals surface area contributed by atoms with Crippen LogP contribution in [-0.2, 0) is 6.54 Å². The molecular weight excluding hydrogens is 401 g/mol. The predicted octanol–water partition coefficient (Wildman–Crippen LogP) is 2.83. The van der Waals surface area contributed by atoms with Crippen LogP contribution in [0.25, 0.3) is 11.0 Å². The Labute approximate surface area is 171 Å². The molecule has 0 bridgehead atoms. The molecule has 2 atom stereocenters. The molecule has 0 saturated carbocycles. The SMILES string of the molecule is C=C(F)C(O)N1CCC(Oc2nc(Nc3cnn(CC)c3)nc3[nH]cc(Cl)c23)C1. The van der Waals surface area contributed by atoms with E-state index < -0.39 is 12.1 Å². The molecule has 4 rings (SSSR count). The Bertz CT molecular complexity index is 1040. The number of aryl methyl sites for hydroxylation is 1. The average Bonchev–Trinajstić information content (AvgIpc) is 3.42. The largest absolute Gasteiger partial charge is 0.472 e. The first-order valence-corrected chi connectivity index (χ1v) is 9.59. The summed E-state index contributed by atoms with van der Waals surface area (Å²) in [5, 5.41) is 18.2. The Balaban J connectivity index is 1.57. The average molecular weight is 422 g/mol. The second kappa shape index (κ2) is 7.97. The number of nitrogens with zero attached hydrogens (tertiary/aromatic N) is 5. The molecule has 9 nitrogen and oxygen atoms in total. The molecule has 3 N–H and O–H groups in total. The molecule has 0 spiro atoms. The number of aliphatic hydroxyl groups excluding tert-OH is 1. The quantitative estimate of drug-likeness (QED) is 0.538. The lowest BCUT2D eigenvalue weighted by Crippen LogP contribution is -2.35. The van der Waals surface area contributed by atoms with Gasteiger partial charge in [0, 0.05) is 32.0 Å². The number of rotatable bonds is 7. The van der Waals surface area contributed by atoms with Crippen LogP contribution in [0.2, 0.25) is 5.02 Å². The molecule has 29 heavy (non-hydrogen) atoms. The number of halogens is 2. The third kappa shape index (κ3) is 4.04. The monoisotopic (exact) mass is 421 g/mol. The fraction of sp³-hybridized carbons (Fsp3) is 0.389. The van der Waals surface area contributed by atoms with Crippen molar-refractivity contribution in [2.75, 3.05) is 18.4 Å². The first-order valence-electron chi connectivity index (χ1n) is 9.21. The van der Waals surface area contributed by atoms with E-state index >= 15 is 0 Å². The molecule has 1 fully saturated rings. The van der Waals surface area contributed by atoms with Crippen LogP contribution in [0.4, 0.5) is 16.0 Å². The Kier molecular flexibility index (Phi) is 5.39. The zero-order valence-corrected chi connectivity index (χ0v) is 16.5. The molecular formula is C18H21ClFN7O2. The van der Waals surface area contributed by atoms with Crippen LogP contribution in [0.15, 0.2) is 31.0 Å². The van der Waals surface area contributed by atoms with Crippen LogP contribution in [0.5, 0.6) is 5.88 Å². The van der Waals surface area contributed by atoms with Gasteiger partial charge in [0.05, 0.1) is 22.3 Å². The summed E-state index contributed by atoms with van der Waals surface area (Å²) in [7, 11) is 0. The fourth-order valence-electron chi connectivity index (χ4n) is 3.26. The number of hydrogen-bond acceptors (Lipinski definition) is 7. The van der Waals surface area contributed by atoms with Crippen LogP contribution in [0.1, 0.15) is 13.3 Å². The number of anilines is 2. The molecule has 0 aromatic carbocycles. The maximum Gasteiger partial charge on any atom is 0.232 e. The molecule has 154 valence electrons. The number of H-pyrrole nitrogens is 1. The summed E-state index contributed by atoms with van der Waals surface area (Å²) >= 11 is 6.28. The minimum absolute atomic E-state index is 0.288. The zero-order chi connectivity index (χ0) is 20.5. The third-order valence-electron chi connectivity index (χ3n) is 4.74. The number of hydrogen-bond donors (Lipinski definition) is 3. The summed E-state index contributed by atoms with van der Waals surface area (Å²) in [4.78, 5) is 13.5. The van der Waals surface area contributed by atoms with Gasteiger partial charge in [0.15, 0.2) is 6.23 Å². The smallest absolute Gasteiger partial charge is 0.232 e. The lowest BCUT2D eigenvalue weighted by molar-refractivity contribution is 0.0266. The molecule has 4 heterocycles.